The Morgan fingerprint density at radius 1 is 1.07 bits per heavy atom. The number of nitrogens with zero attached hydrogens (tertiary/aromatic N) is 4. The second kappa shape index (κ2) is 12.2. The molecule has 6 nitrogen and oxygen atoms in total. The Labute approximate surface area is 195 Å². The largest absolute Gasteiger partial charge is 0.356 e. The number of halogens is 2. The molecular formula is C21H30ClIN6. The van der Waals surface area contributed by atoms with Crippen LogP contribution in [-0.2, 0) is 13.0 Å². The molecular weight excluding hydrogens is 499 g/mol. The molecule has 0 atom stereocenters. The standard InChI is InChI=1S/C21H29ClN6.HI/c1-23-21(25-10-7-17-3-5-19(22)6-4-17)26-16-18-8-9-24-20(15-18)28-13-11-27(2)12-14-28;/h3-6,8-9,15H,7,10-14,16H2,1-2H3,(H2,23,25,26);1H. The molecule has 2 heterocycles. The van der Waals surface area contributed by atoms with Gasteiger partial charge in [0.25, 0.3) is 0 Å². The van der Waals surface area contributed by atoms with Crippen molar-refractivity contribution in [3.8, 4) is 0 Å². The predicted molar refractivity (Wildman–Crippen MR) is 133 cm³/mol. The summed E-state index contributed by atoms with van der Waals surface area (Å²) >= 11 is 5.93. The van der Waals surface area contributed by atoms with Crippen molar-refractivity contribution in [3.63, 3.8) is 0 Å². The van der Waals surface area contributed by atoms with E-state index < -0.39 is 0 Å². The first kappa shape index (κ1) is 23.7. The first-order valence-electron chi connectivity index (χ1n) is 9.71. The topological polar surface area (TPSA) is 55.8 Å². The number of anilines is 1. The van der Waals surface area contributed by atoms with E-state index in [-0.39, 0.29) is 24.0 Å². The summed E-state index contributed by atoms with van der Waals surface area (Å²) in [7, 11) is 3.95. The number of guanidine groups is 1. The Bertz CT molecular complexity index is 775. The van der Waals surface area contributed by atoms with Crippen LogP contribution in [-0.4, -0.2) is 62.7 Å². The van der Waals surface area contributed by atoms with Crippen LogP contribution in [0.3, 0.4) is 0 Å². The van der Waals surface area contributed by atoms with E-state index in [0.29, 0.717) is 6.54 Å². The van der Waals surface area contributed by atoms with Crippen molar-refractivity contribution in [2.45, 2.75) is 13.0 Å². The maximum Gasteiger partial charge on any atom is 0.191 e. The van der Waals surface area contributed by atoms with Crippen molar-refractivity contribution in [3.05, 3.63) is 58.7 Å². The van der Waals surface area contributed by atoms with E-state index in [0.717, 1.165) is 55.9 Å². The predicted octanol–water partition coefficient (Wildman–Crippen LogP) is 3.01. The number of aliphatic imine (C=N–C) groups is 1. The maximum absolute atomic E-state index is 5.93. The lowest BCUT2D eigenvalue weighted by Crippen LogP contribution is -2.44. The molecule has 0 bridgehead atoms. The van der Waals surface area contributed by atoms with E-state index in [1.54, 1.807) is 7.05 Å². The summed E-state index contributed by atoms with van der Waals surface area (Å²) in [5.41, 5.74) is 2.45. The summed E-state index contributed by atoms with van der Waals surface area (Å²) in [6, 6.07) is 12.2. The van der Waals surface area contributed by atoms with Crippen LogP contribution in [0.1, 0.15) is 11.1 Å². The molecule has 2 N–H and O–H groups in total. The quantitative estimate of drug-likeness (QED) is 0.343. The number of nitrogens with one attached hydrogen (secondary N) is 2. The summed E-state index contributed by atoms with van der Waals surface area (Å²) in [5, 5.41) is 7.51. The van der Waals surface area contributed by atoms with Gasteiger partial charge in [-0.25, -0.2) is 4.98 Å². The van der Waals surface area contributed by atoms with Gasteiger partial charge >= 0.3 is 0 Å². The molecule has 1 fully saturated rings. The van der Waals surface area contributed by atoms with Gasteiger partial charge in [-0.15, -0.1) is 24.0 Å². The Morgan fingerprint density at radius 2 is 1.79 bits per heavy atom. The zero-order chi connectivity index (χ0) is 19.8. The third kappa shape index (κ3) is 7.64. The normalized spacial score (nSPS) is 15.0. The fourth-order valence-corrected chi connectivity index (χ4v) is 3.29. The van der Waals surface area contributed by atoms with E-state index in [9.17, 15) is 0 Å². The molecule has 0 spiro atoms. The average molecular weight is 529 g/mol. The lowest BCUT2D eigenvalue weighted by molar-refractivity contribution is 0.312. The molecule has 8 heteroatoms. The average Bonchev–Trinajstić information content (AvgIpc) is 2.72. The highest BCUT2D eigenvalue weighted by Gasteiger charge is 2.15. The Balaban J connectivity index is 0.00000300. The second-order valence-corrected chi connectivity index (χ2v) is 7.48. The number of pyridine rings is 1. The monoisotopic (exact) mass is 528 g/mol. The van der Waals surface area contributed by atoms with Crippen LogP contribution in [0.25, 0.3) is 0 Å². The van der Waals surface area contributed by atoms with E-state index in [1.165, 1.54) is 11.1 Å². The summed E-state index contributed by atoms with van der Waals surface area (Å²) in [6.45, 7) is 5.72. The molecule has 1 saturated heterocycles. The lowest BCUT2D eigenvalue weighted by Gasteiger charge is -2.33. The molecule has 2 aromatic rings. The van der Waals surface area contributed by atoms with Crippen molar-refractivity contribution in [2.75, 3.05) is 51.7 Å². The van der Waals surface area contributed by atoms with Crippen LogP contribution >= 0.6 is 35.6 Å². The van der Waals surface area contributed by atoms with Gasteiger partial charge in [0, 0.05) is 57.5 Å². The van der Waals surface area contributed by atoms with E-state index >= 15 is 0 Å². The number of rotatable bonds is 6. The van der Waals surface area contributed by atoms with E-state index in [1.807, 2.05) is 24.4 Å². The van der Waals surface area contributed by atoms with Crippen LogP contribution in [0.5, 0.6) is 0 Å². The van der Waals surface area contributed by atoms with Gasteiger partial charge < -0.3 is 20.4 Å². The molecule has 1 aliphatic heterocycles. The first-order chi connectivity index (χ1) is 13.6. The molecule has 0 amide bonds. The number of aromatic nitrogens is 1. The van der Waals surface area contributed by atoms with E-state index in [2.05, 4.69) is 55.7 Å². The van der Waals surface area contributed by atoms with Crippen LogP contribution in [0.4, 0.5) is 5.82 Å². The molecule has 158 valence electrons. The smallest absolute Gasteiger partial charge is 0.191 e. The van der Waals surface area contributed by atoms with Crippen molar-refractivity contribution in [1.82, 2.24) is 20.5 Å². The third-order valence-corrected chi connectivity index (χ3v) is 5.19. The van der Waals surface area contributed by atoms with E-state index in [4.69, 9.17) is 11.6 Å². The SMILES string of the molecule is CN=C(NCCc1ccc(Cl)cc1)NCc1ccnc(N2CCN(C)CC2)c1.I. The summed E-state index contributed by atoms with van der Waals surface area (Å²) in [4.78, 5) is 13.6. The minimum absolute atomic E-state index is 0. The highest BCUT2D eigenvalue weighted by Crippen LogP contribution is 2.14. The zero-order valence-electron chi connectivity index (χ0n) is 17.1. The van der Waals surface area contributed by atoms with Gasteiger partial charge in [-0.2, -0.15) is 0 Å². The molecule has 0 radical (unpaired) electrons. The summed E-state index contributed by atoms with van der Waals surface area (Å²) in [5.74, 6) is 1.85. The fourth-order valence-electron chi connectivity index (χ4n) is 3.16. The van der Waals surface area contributed by atoms with Crippen LogP contribution in [0, 0.1) is 0 Å². The van der Waals surface area contributed by atoms with Gasteiger partial charge in [0.15, 0.2) is 5.96 Å². The molecule has 0 saturated carbocycles. The highest BCUT2D eigenvalue weighted by atomic mass is 127. The first-order valence-corrected chi connectivity index (χ1v) is 10.1. The maximum atomic E-state index is 5.93. The Hall–Kier alpha value is -1.58. The molecule has 1 aliphatic rings. The second-order valence-electron chi connectivity index (χ2n) is 7.04. The van der Waals surface area contributed by atoms with Gasteiger partial charge in [0.2, 0.25) is 0 Å². The zero-order valence-corrected chi connectivity index (χ0v) is 20.2. The minimum atomic E-state index is 0. The van der Waals surface area contributed by atoms with Crippen LogP contribution in [0.2, 0.25) is 5.02 Å². The Kier molecular flexibility index (Phi) is 9.96. The minimum Gasteiger partial charge on any atom is -0.356 e. The third-order valence-electron chi connectivity index (χ3n) is 4.94. The molecule has 0 aliphatic carbocycles. The number of hydrogen-bond donors (Lipinski definition) is 2. The Morgan fingerprint density at radius 3 is 2.48 bits per heavy atom. The van der Waals surface area contributed by atoms with Crippen molar-refractivity contribution >= 4 is 47.4 Å². The number of piperazine rings is 1. The summed E-state index contributed by atoms with van der Waals surface area (Å²) in [6.07, 6.45) is 2.81. The van der Waals surface area contributed by atoms with Gasteiger partial charge in [-0.3, -0.25) is 4.99 Å². The molecule has 1 aromatic heterocycles. The summed E-state index contributed by atoms with van der Waals surface area (Å²) < 4.78 is 0. The fraction of sp³-hybridized carbons (Fsp3) is 0.429. The number of benzene rings is 1. The number of hydrogen-bond acceptors (Lipinski definition) is 4. The molecule has 29 heavy (non-hydrogen) atoms. The molecule has 0 unspecified atom stereocenters. The number of likely N-dealkylation sites (N-methyl/N-ethyl adjacent to an activating group) is 1. The van der Waals surface area contributed by atoms with Crippen molar-refractivity contribution in [2.24, 2.45) is 4.99 Å². The van der Waals surface area contributed by atoms with Crippen molar-refractivity contribution in [1.29, 1.82) is 0 Å². The van der Waals surface area contributed by atoms with Crippen LogP contribution < -0.4 is 15.5 Å². The van der Waals surface area contributed by atoms with Gasteiger partial charge in [-0.05, 0) is 48.9 Å². The van der Waals surface area contributed by atoms with Crippen molar-refractivity contribution < 1.29 is 0 Å². The highest BCUT2D eigenvalue weighted by molar-refractivity contribution is 14.0. The lowest BCUT2D eigenvalue weighted by atomic mass is 10.1. The van der Waals surface area contributed by atoms with Gasteiger partial charge in [0.1, 0.15) is 5.82 Å². The molecule has 3 rings (SSSR count). The van der Waals surface area contributed by atoms with Crippen LogP contribution in [0.15, 0.2) is 47.6 Å². The van der Waals surface area contributed by atoms with Gasteiger partial charge in [-0.1, -0.05) is 23.7 Å². The molecule has 1 aromatic carbocycles. The van der Waals surface area contributed by atoms with Gasteiger partial charge in [0.05, 0.1) is 0 Å².